The van der Waals surface area contributed by atoms with Crippen molar-refractivity contribution < 1.29 is 33.3 Å². The highest BCUT2D eigenvalue weighted by Gasteiger charge is 2.36. The summed E-state index contributed by atoms with van der Waals surface area (Å²) < 4.78 is 23.0. The van der Waals surface area contributed by atoms with E-state index in [0.717, 1.165) is 11.3 Å². The lowest BCUT2D eigenvalue weighted by Crippen LogP contribution is -2.53. The number of carbonyl (C=O) groups excluding carboxylic acids is 3. The maximum atomic E-state index is 13.3. The number of nitrogens with zero attached hydrogens (tertiary/aromatic N) is 1. The van der Waals surface area contributed by atoms with Crippen LogP contribution in [-0.2, 0) is 16.1 Å². The molecule has 1 fully saturated rings. The minimum absolute atomic E-state index is 0.0570. The van der Waals surface area contributed by atoms with Gasteiger partial charge in [0, 0.05) is 0 Å². The first-order chi connectivity index (χ1) is 17.8. The van der Waals surface area contributed by atoms with Gasteiger partial charge >= 0.3 is 6.03 Å². The number of halogens is 1. The van der Waals surface area contributed by atoms with E-state index in [1.807, 2.05) is 36.4 Å². The molecule has 0 atom stereocenters. The maximum Gasteiger partial charge on any atom is 0.331 e. The topological polar surface area (TPSA) is 103 Å². The molecular weight excluding hydrogens is 591 g/mol. The smallest absolute Gasteiger partial charge is 0.331 e. The lowest BCUT2D eigenvalue weighted by atomic mass is 10.1. The van der Waals surface area contributed by atoms with E-state index in [9.17, 15) is 14.4 Å². The van der Waals surface area contributed by atoms with E-state index < -0.39 is 17.8 Å². The van der Waals surface area contributed by atoms with Gasteiger partial charge in [-0.3, -0.25) is 19.8 Å². The number of imide groups is 2. The molecule has 0 aliphatic carbocycles. The second kappa shape index (κ2) is 13.0. The van der Waals surface area contributed by atoms with E-state index in [1.54, 1.807) is 30.3 Å². The summed E-state index contributed by atoms with van der Waals surface area (Å²) in [7, 11) is 1.47. The fourth-order valence-electron chi connectivity index (χ4n) is 3.51. The molecule has 0 spiro atoms. The number of barbiturate groups is 1. The number of urea groups is 1. The zero-order valence-electron chi connectivity index (χ0n) is 20.8. The van der Waals surface area contributed by atoms with Crippen LogP contribution in [0.15, 0.2) is 35.9 Å². The van der Waals surface area contributed by atoms with E-state index in [2.05, 4.69) is 11.2 Å². The molecule has 0 aromatic heterocycles. The van der Waals surface area contributed by atoms with E-state index in [1.165, 1.54) is 13.2 Å². The van der Waals surface area contributed by atoms with Crippen molar-refractivity contribution in [2.45, 2.75) is 26.8 Å². The Balaban J connectivity index is 1.90. The summed E-state index contributed by atoms with van der Waals surface area (Å²) in [5.74, 6) is 2.82. The molecule has 0 saturated carbocycles. The van der Waals surface area contributed by atoms with Crippen LogP contribution in [0.4, 0.5) is 4.79 Å². The quantitative estimate of drug-likeness (QED) is 0.175. The zero-order chi connectivity index (χ0) is 26.9. The zero-order valence-corrected chi connectivity index (χ0v) is 22.9. The number of hydrogen-bond acceptors (Lipinski definition) is 7. The highest BCUT2D eigenvalue weighted by Crippen LogP contribution is 2.35. The molecule has 194 valence electrons. The van der Waals surface area contributed by atoms with Gasteiger partial charge in [0.1, 0.15) is 12.2 Å². The van der Waals surface area contributed by atoms with E-state index >= 15 is 0 Å². The predicted molar refractivity (Wildman–Crippen MR) is 146 cm³/mol. The van der Waals surface area contributed by atoms with Crippen molar-refractivity contribution in [3.8, 4) is 35.3 Å². The van der Waals surface area contributed by atoms with Crippen LogP contribution in [-0.4, -0.2) is 49.7 Å². The van der Waals surface area contributed by atoms with E-state index in [0.29, 0.717) is 50.9 Å². The Kier molecular flexibility index (Phi) is 9.79. The van der Waals surface area contributed by atoms with Crippen LogP contribution in [0.3, 0.4) is 0 Å². The Morgan fingerprint density at radius 2 is 1.84 bits per heavy atom. The number of methoxy groups -OCH3 is 1. The Hall–Kier alpha value is -3.72. The van der Waals surface area contributed by atoms with Gasteiger partial charge in [0.05, 0.1) is 30.4 Å². The molecule has 1 saturated heterocycles. The third-order valence-electron chi connectivity index (χ3n) is 5.16. The van der Waals surface area contributed by atoms with Crippen molar-refractivity contribution in [1.29, 1.82) is 0 Å². The van der Waals surface area contributed by atoms with Gasteiger partial charge in [0.25, 0.3) is 11.8 Å². The molecule has 0 unspecified atom stereocenters. The van der Waals surface area contributed by atoms with Gasteiger partial charge < -0.3 is 18.9 Å². The lowest BCUT2D eigenvalue weighted by Gasteiger charge is -2.26. The Bertz CT molecular complexity index is 1270. The first-order valence-corrected chi connectivity index (χ1v) is 12.6. The molecule has 1 aliphatic rings. The van der Waals surface area contributed by atoms with Crippen LogP contribution >= 0.6 is 22.6 Å². The number of carbonyl (C=O) groups is 3. The summed E-state index contributed by atoms with van der Waals surface area (Å²) in [6.45, 7) is 4.80. The molecule has 9 nitrogen and oxygen atoms in total. The fourth-order valence-corrected chi connectivity index (χ4v) is 4.30. The molecule has 1 N–H and O–H groups in total. The third kappa shape index (κ3) is 6.74. The van der Waals surface area contributed by atoms with Gasteiger partial charge in [0.15, 0.2) is 23.0 Å². The van der Waals surface area contributed by atoms with Gasteiger partial charge in [-0.25, -0.2) is 4.79 Å². The molecule has 37 heavy (non-hydrogen) atoms. The van der Waals surface area contributed by atoms with Gasteiger partial charge in [-0.05, 0) is 77.4 Å². The molecule has 3 rings (SSSR count). The molecule has 10 heteroatoms. The predicted octanol–water partition coefficient (Wildman–Crippen LogP) is 4.16. The molecule has 2 aromatic carbocycles. The van der Waals surface area contributed by atoms with Crippen LogP contribution in [0, 0.1) is 15.9 Å². The first kappa shape index (κ1) is 27.9. The van der Waals surface area contributed by atoms with Crippen LogP contribution in [0.5, 0.6) is 23.0 Å². The summed E-state index contributed by atoms with van der Waals surface area (Å²) in [6, 6.07) is 7.73. The normalized spacial score (nSPS) is 14.3. The van der Waals surface area contributed by atoms with Crippen LogP contribution in [0.1, 0.15) is 31.4 Å². The Morgan fingerprint density at radius 3 is 2.51 bits per heavy atom. The van der Waals surface area contributed by atoms with E-state index in [-0.39, 0.29) is 18.7 Å². The minimum Gasteiger partial charge on any atom is -0.493 e. The Morgan fingerprint density at radius 1 is 1.05 bits per heavy atom. The third-order valence-corrected chi connectivity index (χ3v) is 5.96. The molecule has 1 aliphatic heterocycles. The van der Waals surface area contributed by atoms with Crippen molar-refractivity contribution in [3.05, 3.63) is 50.6 Å². The molecule has 1 heterocycles. The van der Waals surface area contributed by atoms with Gasteiger partial charge in [-0.15, -0.1) is 6.42 Å². The fraction of sp³-hybridized carbons (Fsp3) is 0.296. The number of hydrogen-bond donors (Lipinski definition) is 1. The largest absolute Gasteiger partial charge is 0.493 e. The molecule has 4 amide bonds. The Labute approximate surface area is 229 Å². The highest BCUT2D eigenvalue weighted by molar-refractivity contribution is 14.1. The lowest BCUT2D eigenvalue weighted by molar-refractivity contribution is -0.130. The summed E-state index contributed by atoms with van der Waals surface area (Å²) in [6.07, 6.45) is 7.52. The van der Waals surface area contributed by atoms with Crippen LogP contribution in [0.2, 0.25) is 0 Å². The molecule has 0 radical (unpaired) electrons. The van der Waals surface area contributed by atoms with Crippen molar-refractivity contribution in [2.24, 2.45) is 0 Å². The summed E-state index contributed by atoms with van der Waals surface area (Å²) >= 11 is 2.05. The number of rotatable bonds is 11. The van der Waals surface area contributed by atoms with Crippen molar-refractivity contribution in [1.82, 2.24) is 10.2 Å². The summed E-state index contributed by atoms with van der Waals surface area (Å²) in [5.41, 5.74) is 0.955. The summed E-state index contributed by atoms with van der Waals surface area (Å²) in [4.78, 5) is 39.4. The standard InChI is InChI=1S/C27H27IN2O7/c1-5-10-36-21-9-8-17(14-22(21)35-7-3)16-30-26(32)19(25(31)29-27(30)33)12-18-13-20(28)24(37-11-6-2)23(15-18)34-4/h2,8-9,12-15H,5,7,10-11,16H2,1,3-4H3,(H,29,31,33)/b19-12+. The number of terminal acetylenes is 1. The summed E-state index contributed by atoms with van der Waals surface area (Å²) in [5, 5.41) is 2.23. The van der Waals surface area contributed by atoms with Gasteiger partial charge in [-0.2, -0.15) is 0 Å². The SMILES string of the molecule is C#CCOc1c(I)cc(/C=C2\C(=O)NC(=O)N(Cc3ccc(OCCC)c(OCC)c3)C2=O)cc1OC. The van der Waals surface area contributed by atoms with Gasteiger partial charge in [-0.1, -0.05) is 18.9 Å². The second-order valence-electron chi connectivity index (χ2n) is 7.80. The number of ether oxygens (including phenoxy) is 4. The van der Waals surface area contributed by atoms with Crippen molar-refractivity contribution in [3.63, 3.8) is 0 Å². The minimum atomic E-state index is -0.804. The molecule has 0 bridgehead atoms. The van der Waals surface area contributed by atoms with Crippen LogP contribution < -0.4 is 24.3 Å². The first-order valence-electron chi connectivity index (χ1n) is 11.5. The number of nitrogens with one attached hydrogen (secondary N) is 1. The average molecular weight is 618 g/mol. The average Bonchev–Trinajstić information content (AvgIpc) is 2.87. The van der Waals surface area contributed by atoms with Crippen molar-refractivity contribution in [2.75, 3.05) is 26.9 Å². The van der Waals surface area contributed by atoms with E-state index in [4.69, 9.17) is 25.4 Å². The van der Waals surface area contributed by atoms with Crippen LogP contribution in [0.25, 0.3) is 6.08 Å². The number of benzene rings is 2. The monoisotopic (exact) mass is 618 g/mol. The molecular formula is C27H27IN2O7. The van der Waals surface area contributed by atoms with Crippen molar-refractivity contribution >= 4 is 46.5 Å². The maximum absolute atomic E-state index is 13.3. The number of amides is 4. The highest BCUT2D eigenvalue weighted by atomic mass is 127. The van der Waals surface area contributed by atoms with Gasteiger partial charge in [0.2, 0.25) is 0 Å². The second-order valence-corrected chi connectivity index (χ2v) is 8.96. The molecule has 2 aromatic rings.